The van der Waals surface area contributed by atoms with Gasteiger partial charge < -0.3 is 9.80 Å². The quantitative estimate of drug-likeness (QED) is 0.724. The number of quaternary nitrogens is 1. The van der Waals surface area contributed by atoms with Gasteiger partial charge >= 0.3 is 0 Å². The van der Waals surface area contributed by atoms with Crippen molar-refractivity contribution in [2.75, 3.05) is 26.7 Å². The van der Waals surface area contributed by atoms with Crippen molar-refractivity contribution < 1.29 is 9.69 Å². The molecule has 1 N–H and O–H groups in total. The number of para-hydroxylation sites is 1. The highest BCUT2D eigenvalue weighted by molar-refractivity contribution is 7.18. The van der Waals surface area contributed by atoms with Gasteiger partial charge in [-0.3, -0.25) is 4.79 Å². The van der Waals surface area contributed by atoms with Gasteiger partial charge in [-0.2, -0.15) is 0 Å². The van der Waals surface area contributed by atoms with Crippen LogP contribution in [0.15, 0.2) is 60.7 Å². The summed E-state index contributed by atoms with van der Waals surface area (Å²) in [5.41, 5.74) is 3.71. The molecule has 0 radical (unpaired) electrons. The highest BCUT2D eigenvalue weighted by Gasteiger charge is 2.25. The van der Waals surface area contributed by atoms with Gasteiger partial charge in [0.05, 0.1) is 29.3 Å². The van der Waals surface area contributed by atoms with Gasteiger partial charge in [0.1, 0.15) is 5.01 Å². The summed E-state index contributed by atoms with van der Waals surface area (Å²) in [6.07, 6.45) is 3.31. The lowest BCUT2D eigenvalue weighted by Gasteiger charge is -2.27. The molecule has 0 aliphatic carbocycles. The van der Waals surface area contributed by atoms with Crippen molar-refractivity contribution in [2.45, 2.75) is 19.4 Å². The molecule has 0 fully saturated rings. The maximum absolute atomic E-state index is 12.9. The van der Waals surface area contributed by atoms with E-state index < -0.39 is 0 Å². The molecular weight excluding hydrogens is 366 g/mol. The van der Waals surface area contributed by atoms with E-state index >= 15 is 0 Å². The zero-order chi connectivity index (χ0) is 19.5. The summed E-state index contributed by atoms with van der Waals surface area (Å²) in [7, 11) is 1.90. The monoisotopic (exact) mass is 392 g/mol. The van der Waals surface area contributed by atoms with Crippen LogP contribution in [0, 0.1) is 0 Å². The number of aromatic nitrogens is 1. The Kier molecular flexibility index (Phi) is 5.55. The van der Waals surface area contributed by atoms with E-state index in [0.717, 1.165) is 30.0 Å². The molecule has 28 heavy (non-hydrogen) atoms. The number of carbonyl (C=O) groups excluding carboxylic acids is 1. The third kappa shape index (κ3) is 4.01. The number of rotatable bonds is 5. The van der Waals surface area contributed by atoms with Gasteiger partial charge in [0.15, 0.2) is 6.54 Å². The first-order chi connectivity index (χ1) is 13.6. The fraction of sp³-hybridized carbons (Fsp3) is 0.304. The van der Waals surface area contributed by atoms with Crippen LogP contribution in [0.3, 0.4) is 0 Å². The maximum atomic E-state index is 12.9. The Hall–Kier alpha value is -2.50. The number of nitrogens with zero attached hydrogens (tertiary/aromatic N) is 2. The Bertz CT molecular complexity index is 962. The number of thiazole rings is 1. The van der Waals surface area contributed by atoms with E-state index in [0.29, 0.717) is 6.54 Å². The molecule has 5 heteroatoms. The topological polar surface area (TPSA) is 37.6 Å². The van der Waals surface area contributed by atoms with Crippen LogP contribution in [-0.4, -0.2) is 42.5 Å². The van der Waals surface area contributed by atoms with Crippen molar-refractivity contribution in [2.24, 2.45) is 0 Å². The Balaban J connectivity index is 1.37. The van der Waals surface area contributed by atoms with E-state index in [1.54, 1.807) is 11.3 Å². The Labute approximate surface area is 170 Å². The molecule has 0 bridgehead atoms. The van der Waals surface area contributed by atoms with Crippen LogP contribution in [0.4, 0.5) is 0 Å². The van der Waals surface area contributed by atoms with Crippen molar-refractivity contribution in [3.05, 3.63) is 71.2 Å². The zero-order valence-electron chi connectivity index (χ0n) is 16.4. The van der Waals surface area contributed by atoms with Crippen molar-refractivity contribution in [1.82, 2.24) is 9.88 Å². The first-order valence-electron chi connectivity index (χ1n) is 9.81. The maximum Gasteiger partial charge on any atom is 0.278 e. The van der Waals surface area contributed by atoms with E-state index in [2.05, 4.69) is 43.3 Å². The Morgan fingerprint density at radius 2 is 1.93 bits per heavy atom. The fourth-order valence-corrected chi connectivity index (χ4v) is 4.71. The van der Waals surface area contributed by atoms with Crippen molar-refractivity contribution in [1.29, 1.82) is 0 Å². The van der Waals surface area contributed by atoms with Gasteiger partial charge in [0.25, 0.3) is 5.91 Å². The smallest absolute Gasteiger partial charge is 0.278 e. The van der Waals surface area contributed by atoms with E-state index in [1.807, 2.05) is 36.2 Å². The number of hydrogen-bond donors (Lipinski definition) is 1. The molecule has 144 valence electrons. The van der Waals surface area contributed by atoms with Crippen LogP contribution < -0.4 is 4.90 Å². The summed E-state index contributed by atoms with van der Waals surface area (Å²) >= 11 is 1.67. The predicted molar refractivity (Wildman–Crippen MR) is 115 cm³/mol. The number of benzene rings is 2. The summed E-state index contributed by atoms with van der Waals surface area (Å²) < 4.78 is 1.17. The van der Waals surface area contributed by atoms with Crippen molar-refractivity contribution >= 4 is 33.0 Å². The number of carbonyl (C=O) groups is 1. The number of fused-ring (bicyclic) bond motifs is 1. The van der Waals surface area contributed by atoms with Gasteiger partial charge in [0.2, 0.25) is 0 Å². The molecule has 2 atom stereocenters. The lowest BCUT2D eigenvalue weighted by Crippen LogP contribution is -3.13. The SMILES string of the molecule is C[C@@H](c1nc2ccccc2s1)N(C)C(=O)C[NH+]1CC=C(c2ccccc2)CC1. The van der Waals surface area contributed by atoms with Gasteiger partial charge in [0, 0.05) is 13.5 Å². The van der Waals surface area contributed by atoms with Crippen LogP contribution in [0.1, 0.15) is 30.0 Å². The molecule has 1 aromatic heterocycles. The van der Waals surface area contributed by atoms with Gasteiger partial charge in [-0.05, 0) is 36.3 Å². The largest absolute Gasteiger partial charge is 0.332 e. The van der Waals surface area contributed by atoms with Crippen LogP contribution in [0.2, 0.25) is 0 Å². The molecule has 0 saturated heterocycles. The van der Waals surface area contributed by atoms with E-state index in [4.69, 9.17) is 4.98 Å². The molecule has 3 aromatic rings. The van der Waals surface area contributed by atoms with Crippen molar-refractivity contribution in [3.8, 4) is 0 Å². The normalized spacial score (nSPS) is 17.9. The minimum absolute atomic E-state index is 0.00971. The predicted octanol–water partition coefficient (Wildman–Crippen LogP) is 3.19. The minimum atomic E-state index is -0.00971. The average molecular weight is 393 g/mol. The number of hydrogen-bond acceptors (Lipinski definition) is 3. The second-order valence-corrected chi connectivity index (χ2v) is 8.49. The minimum Gasteiger partial charge on any atom is -0.332 e. The molecule has 1 aliphatic heterocycles. The third-order valence-corrected chi connectivity index (χ3v) is 6.78. The molecule has 0 spiro atoms. The second kappa shape index (κ2) is 8.25. The molecule has 1 unspecified atom stereocenters. The summed E-state index contributed by atoms with van der Waals surface area (Å²) in [6, 6.07) is 18.7. The zero-order valence-corrected chi connectivity index (χ0v) is 17.2. The highest BCUT2D eigenvalue weighted by Crippen LogP contribution is 2.28. The molecular formula is C23H26N3OS+. The van der Waals surface area contributed by atoms with Crippen LogP contribution >= 0.6 is 11.3 Å². The molecule has 4 nitrogen and oxygen atoms in total. The van der Waals surface area contributed by atoms with Crippen LogP contribution in [-0.2, 0) is 4.79 Å². The van der Waals surface area contributed by atoms with Crippen molar-refractivity contribution in [3.63, 3.8) is 0 Å². The lowest BCUT2D eigenvalue weighted by atomic mass is 9.99. The van der Waals surface area contributed by atoms with E-state index in [-0.39, 0.29) is 11.9 Å². The highest BCUT2D eigenvalue weighted by atomic mass is 32.1. The van der Waals surface area contributed by atoms with Gasteiger partial charge in [-0.1, -0.05) is 42.5 Å². The molecule has 1 aliphatic rings. The number of nitrogens with one attached hydrogen (secondary N) is 1. The molecule has 4 rings (SSSR count). The second-order valence-electron chi connectivity index (χ2n) is 7.43. The molecule has 2 heterocycles. The summed E-state index contributed by atoms with van der Waals surface area (Å²) in [5, 5.41) is 0.997. The summed E-state index contributed by atoms with van der Waals surface area (Å²) in [6.45, 7) is 4.49. The lowest BCUT2D eigenvalue weighted by molar-refractivity contribution is -0.887. The molecule has 1 amide bonds. The third-order valence-electron chi connectivity index (χ3n) is 5.57. The summed E-state index contributed by atoms with van der Waals surface area (Å²) in [5.74, 6) is 0.179. The first-order valence-corrected chi connectivity index (χ1v) is 10.6. The standard InChI is InChI=1S/C23H25N3OS/c1-17(23-24-20-10-6-7-11-21(20)28-23)25(2)22(27)16-26-14-12-19(13-15-26)18-8-4-3-5-9-18/h3-12,17H,13-16H2,1-2H3/p+1/t17-/m0/s1. The van der Waals surface area contributed by atoms with E-state index in [1.165, 1.54) is 20.7 Å². The van der Waals surface area contributed by atoms with Crippen LogP contribution in [0.5, 0.6) is 0 Å². The number of amides is 1. The van der Waals surface area contributed by atoms with Gasteiger partial charge in [-0.15, -0.1) is 11.3 Å². The number of likely N-dealkylation sites (N-methyl/N-ethyl adjacent to an activating group) is 1. The van der Waals surface area contributed by atoms with Crippen LogP contribution in [0.25, 0.3) is 15.8 Å². The Morgan fingerprint density at radius 1 is 1.18 bits per heavy atom. The average Bonchev–Trinajstić information content (AvgIpc) is 3.18. The molecule has 0 saturated carbocycles. The first kappa shape index (κ1) is 18.8. The summed E-state index contributed by atoms with van der Waals surface area (Å²) in [4.78, 5) is 20.7. The Morgan fingerprint density at radius 3 is 2.64 bits per heavy atom. The van der Waals surface area contributed by atoms with E-state index in [9.17, 15) is 4.79 Å². The molecule has 2 aromatic carbocycles. The fourth-order valence-electron chi connectivity index (χ4n) is 3.65. The van der Waals surface area contributed by atoms with Gasteiger partial charge in [-0.25, -0.2) is 4.98 Å².